The van der Waals surface area contributed by atoms with Gasteiger partial charge in [-0.25, -0.2) is 0 Å². The Morgan fingerprint density at radius 3 is 2.59 bits per heavy atom. The van der Waals surface area contributed by atoms with Gasteiger partial charge in [0.25, 0.3) is 11.5 Å². The summed E-state index contributed by atoms with van der Waals surface area (Å²) in [6, 6.07) is 16.9. The number of furan rings is 1. The van der Waals surface area contributed by atoms with Crippen molar-refractivity contribution in [2.75, 3.05) is 7.05 Å². The van der Waals surface area contributed by atoms with E-state index < -0.39 is 0 Å². The van der Waals surface area contributed by atoms with Crippen molar-refractivity contribution in [2.24, 2.45) is 0 Å². The molecule has 4 aromatic rings. The first-order valence-corrected chi connectivity index (χ1v) is 9.95. The fourth-order valence-corrected chi connectivity index (χ4v) is 3.70. The van der Waals surface area contributed by atoms with Crippen LogP contribution in [0.4, 0.5) is 0 Å². The predicted molar refractivity (Wildman–Crippen MR) is 115 cm³/mol. The third-order valence-electron chi connectivity index (χ3n) is 5.27. The minimum Gasteiger partial charge on any atom is -0.461 e. The maximum absolute atomic E-state index is 13.1. The number of aryl methyl sites for hydroxylation is 1. The minimum absolute atomic E-state index is 0.223. The third-order valence-corrected chi connectivity index (χ3v) is 5.27. The molecule has 2 aromatic carbocycles. The van der Waals surface area contributed by atoms with Gasteiger partial charge in [-0.2, -0.15) is 0 Å². The Morgan fingerprint density at radius 1 is 1.07 bits per heavy atom. The van der Waals surface area contributed by atoms with Crippen molar-refractivity contribution < 1.29 is 9.21 Å². The second-order valence-electron chi connectivity index (χ2n) is 7.36. The fraction of sp³-hybridized carbons (Fsp3) is 0.250. The molecule has 148 valence electrons. The molecule has 0 aliphatic heterocycles. The maximum atomic E-state index is 13.1. The van der Waals surface area contributed by atoms with Crippen LogP contribution in [0.3, 0.4) is 0 Å². The first-order valence-electron chi connectivity index (χ1n) is 9.95. The zero-order valence-corrected chi connectivity index (χ0v) is 16.7. The molecule has 0 spiro atoms. The maximum Gasteiger partial charge on any atom is 0.270 e. The van der Waals surface area contributed by atoms with Crippen LogP contribution in [-0.4, -0.2) is 22.8 Å². The highest BCUT2D eigenvalue weighted by molar-refractivity contribution is 5.96. The quantitative estimate of drug-likeness (QED) is 0.511. The number of aromatic nitrogens is 1. The number of rotatable bonds is 6. The number of nitrogens with one attached hydrogen (secondary N) is 1. The average Bonchev–Trinajstić information content (AvgIpc) is 3.09. The number of carbonyl (C=O) groups excluding carboxylic acids is 1. The van der Waals surface area contributed by atoms with Crippen LogP contribution in [0.25, 0.3) is 21.7 Å². The van der Waals surface area contributed by atoms with Crippen LogP contribution in [0.5, 0.6) is 0 Å². The second-order valence-corrected chi connectivity index (χ2v) is 7.36. The van der Waals surface area contributed by atoms with Crippen LogP contribution in [0, 0.1) is 0 Å². The van der Waals surface area contributed by atoms with E-state index in [0.717, 1.165) is 46.9 Å². The lowest BCUT2D eigenvalue weighted by atomic mass is 10.1. The van der Waals surface area contributed by atoms with Crippen LogP contribution in [0.15, 0.2) is 63.8 Å². The van der Waals surface area contributed by atoms with Gasteiger partial charge in [-0.1, -0.05) is 49.7 Å². The Bertz CT molecular complexity index is 1240. The normalized spacial score (nSPS) is 11.2. The molecule has 0 atom stereocenters. The number of fused-ring (bicyclic) bond motifs is 2. The lowest BCUT2D eigenvalue weighted by molar-refractivity contribution is 0.0779. The molecule has 5 heteroatoms. The third kappa shape index (κ3) is 3.68. The monoisotopic (exact) mass is 388 g/mol. The second kappa shape index (κ2) is 7.95. The molecule has 4 rings (SSSR count). The zero-order chi connectivity index (χ0) is 20.4. The van der Waals surface area contributed by atoms with E-state index >= 15 is 0 Å². The number of nitrogens with zero attached hydrogens (tertiary/aromatic N) is 1. The van der Waals surface area contributed by atoms with Crippen molar-refractivity contribution in [3.8, 4) is 0 Å². The molecule has 2 aromatic heterocycles. The summed E-state index contributed by atoms with van der Waals surface area (Å²) >= 11 is 0. The van der Waals surface area contributed by atoms with E-state index in [1.807, 2.05) is 42.5 Å². The lowest BCUT2D eigenvalue weighted by Crippen LogP contribution is -2.29. The van der Waals surface area contributed by atoms with Gasteiger partial charge >= 0.3 is 0 Å². The summed E-state index contributed by atoms with van der Waals surface area (Å²) < 4.78 is 6.07. The molecule has 0 unspecified atom stereocenters. The van der Waals surface area contributed by atoms with E-state index in [1.54, 1.807) is 24.1 Å². The van der Waals surface area contributed by atoms with Gasteiger partial charge in [0.15, 0.2) is 0 Å². The molecular formula is C24H24N2O3. The molecule has 0 aliphatic rings. The molecule has 1 N–H and O–H groups in total. The Morgan fingerprint density at radius 2 is 1.79 bits per heavy atom. The molecule has 0 bridgehead atoms. The van der Waals surface area contributed by atoms with Crippen LogP contribution in [-0.2, 0) is 13.0 Å². The molecule has 5 nitrogen and oxygen atoms in total. The van der Waals surface area contributed by atoms with Gasteiger partial charge in [0.1, 0.15) is 17.0 Å². The number of para-hydroxylation sites is 1. The van der Waals surface area contributed by atoms with E-state index in [0.29, 0.717) is 17.6 Å². The standard InChI is InChI=1S/C24H24N2O3/c1-3-4-12-22-19(18-11-7-8-13-21(18)29-22)15-26(2)24(28)20-14-16-9-5-6-10-17(16)23(27)25-20/h5-11,13-14H,3-4,12,15H2,1-2H3,(H,25,27). The lowest BCUT2D eigenvalue weighted by Gasteiger charge is -2.17. The molecule has 1 amide bonds. The van der Waals surface area contributed by atoms with Crippen LogP contribution >= 0.6 is 0 Å². The van der Waals surface area contributed by atoms with Crippen molar-refractivity contribution in [1.29, 1.82) is 0 Å². The van der Waals surface area contributed by atoms with Gasteiger partial charge in [-0.05, 0) is 30.0 Å². The summed E-state index contributed by atoms with van der Waals surface area (Å²) in [5.41, 5.74) is 1.91. The van der Waals surface area contributed by atoms with Gasteiger partial charge in [-0.15, -0.1) is 0 Å². The summed E-state index contributed by atoms with van der Waals surface area (Å²) in [7, 11) is 1.75. The summed E-state index contributed by atoms with van der Waals surface area (Å²) in [6.45, 7) is 2.57. The molecule has 0 aliphatic carbocycles. The van der Waals surface area contributed by atoms with E-state index in [1.165, 1.54) is 0 Å². The Balaban J connectivity index is 1.66. The van der Waals surface area contributed by atoms with Gasteiger partial charge in [-0.3, -0.25) is 9.59 Å². The molecule has 0 radical (unpaired) electrons. The minimum atomic E-state index is -0.253. The number of hydrogen-bond acceptors (Lipinski definition) is 3. The summed E-state index contributed by atoms with van der Waals surface area (Å²) in [5.74, 6) is 0.708. The van der Waals surface area contributed by atoms with E-state index in [4.69, 9.17) is 4.42 Å². The van der Waals surface area contributed by atoms with E-state index in [-0.39, 0.29) is 11.5 Å². The molecule has 0 saturated heterocycles. The number of pyridine rings is 1. The predicted octanol–water partition coefficient (Wildman–Crippen LogP) is 4.89. The van der Waals surface area contributed by atoms with Crippen LogP contribution < -0.4 is 5.56 Å². The fourth-order valence-electron chi connectivity index (χ4n) is 3.70. The molecule has 2 heterocycles. The van der Waals surface area contributed by atoms with Crippen LogP contribution in [0.1, 0.15) is 41.6 Å². The van der Waals surface area contributed by atoms with E-state index in [2.05, 4.69) is 11.9 Å². The largest absolute Gasteiger partial charge is 0.461 e. The SMILES string of the molecule is CCCCc1oc2ccccc2c1CN(C)C(=O)c1cc2ccccc2c(=O)[nH]1. The number of aromatic amines is 1. The van der Waals surface area contributed by atoms with Gasteiger partial charge in [0, 0.05) is 36.3 Å². The Labute approximate surface area is 169 Å². The Kier molecular flexibility index (Phi) is 5.21. The summed E-state index contributed by atoms with van der Waals surface area (Å²) in [5, 5.41) is 2.37. The molecule has 0 fully saturated rings. The van der Waals surface area contributed by atoms with Gasteiger partial charge < -0.3 is 14.3 Å². The van der Waals surface area contributed by atoms with Crippen molar-refractivity contribution in [3.63, 3.8) is 0 Å². The van der Waals surface area contributed by atoms with E-state index in [9.17, 15) is 9.59 Å². The number of benzene rings is 2. The highest BCUT2D eigenvalue weighted by Gasteiger charge is 2.20. The highest BCUT2D eigenvalue weighted by atomic mass is 16.3. The summed E-state index contributed by atoms with van der Waals surface area (Å²) in [6.07, 6.45) is 2.95. The van der Waals surface area contributed by atoms with Crippen molar-refractivity contribution in [1.82, 2.24) is 9.88 Å². The molecule has 0 saturated carbocycles. The smallest absolute Gasteiger partial charge is 0.270 e. The number of H-pyrrole nitrogens is 1. The van der Waals surface area contributed by atoms with Gasteiger partial charge in [0.05, 0.1) is 0 Å². The Hall–Kier alpha value is -3.34. The average molecular weight is 388 g/mol. The summed E-state index contributed by atoms with van der Waals surface area (Å²) in [4.78, 5) is 29.8. The highest BCUT2D eigenvalue weighted by Crippen LogP contribution is 2.28. The van der Waals surface area contributed by atoms with Crippen molar-refractivity contribution in [2.45, 2.75) is 32.7 Å². The number of unbranched alkanes of at least 4 members (excludes halogenated alkanes) is 1. The van der Waals surface area contributed by atoms with Gasteiger partial charge in [0.2, 0.25) is 0 Å². The molecule has 29 heavy (non-hydrogen) atoms. The number of hydrogen-bond donors (Lipinski definition) is 1. The first-order chi connectivity index (χ1) is 14.1. The van der Waals surface area contributed by atoms with Crippen molar-refractivity contribution >= 4 is 27.6 Å². The van der Waals surface area contributed by atoms with Crippen LogP contribution in [0.2, 0.25) is 0 Å². The zero-order valence-electron chi connectivity index (χ0n) is 16.7. The van der Waals surface area contributed by atoms with Crippen molar-refractivity contribution in [3.05, 3.63) is 82.0 Å². The number of amides is 1. The first kappa shape index (κ1) is 19.0. The topological polar surface area (TPSA) is 66.3 Å². The number of carbonyl (C=O) groups is 1. The molecular weight excluding hydrogens is 364 g/mol.